The lowest BCUT2D eigenvalue weighted by Crippen LogP contribution is -1.98. The second-order valence-electron chi connectivity index (χ2n) is 7.36. The van der Waals surface area contributed by atoms with Crippen molar-refractivity contribution in [2.24, 2.45) is 0 Å². The second kappa shape index (κ2) is 8.55. The van der Waals surface area contributed by atoms with Gasteiger partial charge >= 0.3 is 0 Å². The molecule has 0 radical (unpaired) electrons. The van der Waals surface area contributed by atoms with Gasteiger partial charge in [-0.05, 0) is 47.5 Å². The number of ether oxygens (including phenoxy) is 2. The number of hydrogen-bond acceptors (Lipinski definition) is 4. The van der Waals surface area contributed by atoms with Crippen LogP contribution >= 0.6 is 0 Å². The van der Waals surface area contributed by atoms with E-state index in [1.165, 1.54) is 13.2 Å². The molecule has 0 aliphatic carbocycles. The minimum Gasteiger partial charge on any atom is -0.494 e. The molecule has 3 aromatic carbocycles. The lowest BCUT2D eigenvalue weighted by Gasteiger charge is -2.09. The van der Waals surface area contributed by atoms with Gasteiger partial charge in [-0.1, -0.05) is 42.5 Å². The van der Waals surface area contributed by atoms with Gasteiger partial charge in [-0.2, -0.15) is 0 Å². The van der Waals surface area contributed by atoms with Crippen LogP contribution in [0.25, 0.3) is 33.2 Å². The predicted molar refractivity (Wildman–Crippen MR) is 122 cm³/mol. The Morgan fingerprint density at radius 2 is 1.59 bits per heavy atom. The molecule has 0 fully saturated rings. The highest BCUT2D eigenvalue weighted by molar-refractivity contribution is 5.83. The normalized spacial score (nSPS) is 10.9. The van der Waals surface area contributed by atoms with E-state index in [1.807, 2.05) is 66.7 Å². The first-order chi connectivity index (χ1) is 15.7. The average Bonchev–Trinajstić information content (AvgIpc) is 3.33. The van der Waals surface area contributed by atoms with Gasteiger partial charge in [-0.15, -0.1) is 0 Å². The van der Waals surface area contributed by atoms with Gasteiger partial charge in [-0.25, -0.2) is 9.37 Å². The van der Waals surface area contributed by atoms with Gasteiger partial charge in [-0.3, -0.25) is 0 Å². The van der Waals surface area contributed by atoms with E-state index in [-0.39, 0.29) is 5.75 Å². The van der Waals surface area contributed by atoms with Crippen molar-refractivity contribution in [3.8, 4) is 33.8 Å². The number of methoxy groups -OCH3 is 1. The minimum absolute atomic E-state index is 0.209. The molecule has 5 rings (SSSR count). The molecule has 0 aliphatic heterocycles. The molecule has 0 saturated carbocycles. The van der Waals surface area contributed by atoms with Crippen molar-refractivity contribution in [2.75, 3.05) is 7.11 Å². The Kier molecular flexibility index (Phi) is 5.30. The van der Waals surface area contributed by atoms with Crippen LogP contribution in [0.4, 0.5) is 4.39 Å². The van der Waals surface area contributed by atoms with E-state index in [1.54, 1.807) is 18.6 Å². The molecule has 32 heavy (non-hydrogen) atoms. The Balaban J connectivity index is 1.33. The van der Waals surface area contributed by atoms with Crippen molar-refractivity contribution in [1.29, 1.82) is 0 Å². The van der Waals surface area contributed by atoms with E-state index in [0.717, 1.165) is 44.6 Å². The molecule has 5 aromatic rings. The van der Waals surface area contributed by atoms with Gasteiger partial charge in [0.05, 0.1) is 30.8 Å². The summed E-state index contributed by atoms with van der Waals surface area (Å²) in [4.78, 5) is 4.64. The van der Waals surface area contributed by atoms with Crippen molar-refractivity contribution in [3.63, 3.8) is 0 Å². The van der Waals surface area contributed by atoms with Crippen molar-refractivity contribution < 1.29 is 18.3 Å². The first kappa shape index (κ1) is 19.8. The summed E-state index contributed by atoms with van der Waals surface area (Å²) in [6, 6.07) is 24.6. The summed E-state index contributed by atoms with van der Waals surface area (Å²) in [6.45, 7) is 0.381. The smallest absolute Gasteiger partial charge is 0.165 e. The van der Waals surface area contributed by atoms with Crippen LogP contribution in [0, 0.1) is 5.82 Å². The van der Waals surface area contributed by atoms with E-state index < -0.39 is 5.82 Å². The first-order valence-electron chi connectivity index (χ1n) is 10.2. The van der Waals surface area contributed by atoms with E-state index >= 15 is 0 Å². The fourth-order valence-electron chi connectivity index (χ4n) is 3.65. The summed E-state index contributed by atoms with van der Waals surface area (Å²) in [5.74, 6) is 0.536. The third-order valence-corrected chi connectivity index (χ3v) is 5.33. The van der Waals surface area contributed by atoms with Crippen molar-refractivity contribution >= 4 is 10.9 Å². The number of pyridine rings is 1. The Bertz CT molecular complexity index is 1380. The average molecular weight is 425 g/mol. The van der Waals surface area contributed by atoms with E-state index in [9.17, 15) is 4.39 Å². The SMILES string of the molecule is COc1ccc(-c2cocc2-c2ccc(OCc3ccc4ccccc4n3)cc2)cc1F. The molecule has 0 N–H and O–H groups in total. The molecule has 2 aromatic heterocycles. The Morgan fingerprint density at radius 3 is 2.38 bits per heavy atom. The van der Waals surface area contributed by atoms with Crippen molar-refractivity contribution in [2.45, 2.75) is 6.61 Å². The molecule has 0 spiro atoms. The highest BCUT2D eigenvalue weighted by atomic mass is 19.1. The summed E-state index contributed by atoms with van der Waals surface area (Å²) < 4.78 is 30.5. The molecule has 0 unspecified atom stereocenters. The molecule has 0 aliphatic rings. The predicted octanol–water partition coefficient (Wildman–Crippen LogP) is 6.89. The maximum Gasteiger partial charge on any atom is 0.165 e. The third kappa shape index (κ3) is 3.93. The number of halogens is 1. The quantitative estimate of drug-likeness (QED) is 0.297. The van der Waals surface area contributed by atoms with Crippen LogP contribution in [0.15, 0.2) is 95.8 Å². The standard InChI is InChI=1S/C27H20FNO3/c1-30-27-13-9-20(14-25(27)28)24-17-31-16-23(24)18-7-11-22(12-8-18)32-15-21-10-6-19-4-2-3-5-26(19)29-21/h2-14,16-17H,15H2,1H3. The minimum atomic E-state index is -0.414. The largest absolute Gasteiger partial charge is 0.494 e. The fraction of sp³-hybridized carbons (Fsp3) is 0.0741. The van der Waals surface area contributed by atoms with Crippen LogP contribution in [-0.2, 0) is 6.61 Å². The topological polar surface area (TPSA) is 44.5 Å². The molecule has 158 valence electrons. The van der Waals surface area contributed by atoms with Crippen LogP contribution in [0.5, 0.6) is 11.5 Å². The summed E-state index contributed by atoms with van der Waals surface area (Å²) in [7, 11) is 1.45. The second-order valence-corrected chi connectivity index (χ2v) is 7.36. The zero-order chi connectivity index (χ0) is 21.9. The first-order valence-corrected chi connectivity index (χ1v) is 10.2. The number of hydrogen-bond donors (Lipinski definition) is 0. The summed E-state index contributed by atoms with van der Waals surface area (Å²) in [5, 5.41) is 1.10. The highest BCUT2D eigenvalue weighted by Gasteiger charge is 2.13. The van der Waals surface area contributed by atoms with Gasteiger partial charge < -0.3 is 13.9 Å². The summed E-state index contributed by atoms with van der Waals surface area (Å²) >= 11 is 0. The Hall–Kier alpha value is -4.12. The summed E-state index contributed by atoms with van der Waals surface area (Å²) in [5.41, 5.74) is 5.16. The van der Waals surface area contributed by atoms with E-state index in [2.05, 4.69) is 4.98 Å². The van der Waals surface area contributed by atoms with Gasteiger partial charge in [0.15, 0.2) is 11.6 Å². The third-order valence-electron chi connectivity index (χ3n) is 5.33. The van der Waals surface area contributed by atoms with Crippen LogP contribution in [0.2, 0.25) is 0 Å². The Morgan fingerprint density at radius 1 is 0.844 bits per heavy atom. The lowest BCUT2D eigenvalue weighted by atomic mass is 9.99. The highest BCUT2D eigenvalue weighted by Crippen LogP contribution is 2.35. The number of rotatable bonds is 6. The number of benzene rings is 3. The molecule has 5 heteroatoms. The number of fused-ring (bicyclic) bond motifs is 1. The molecule has 0 amide bonds. The van der Waals surface area contributed by atoms with Gasteiger partial charge in [0, 0.05) is 16.5 Å². The van der Waals surface area contributed by atoms with E-state index in [4.69, 9.17) is 13.9 Å². The molecule has 2 heterocycles. The van der Waals surface area contributed by atoms with Gasteiger partial charge in [0.2, 0.25) is 0 Å². The number of para-hydroxylation sites is 1. The zero-order valence-corrected chi connectivity index (χ0v) is 17.4. The maximum absolute atomic E-state index is 14.2. The van der Waals surface area contributed by atoms with Crippen LogP contribution < -0.4 is 9.47 Å². The fourth-order valence-corrected chi connectivity index (χ4v) is 3.65. The zero-order valence-electron chi connectivity index (χ0n) is 17.4. The van der Waals surface area contributed by atoms with Crippen molar-refractivity contribution in [3.05, 3.63) is 103 Å². The molecule has 0 bridgehead atoms. The number of furan rings is 1. The molecule has 0 saturated heterocycles. The molecule has 0 atom stereocenters. The number of nitrogens with zero attached hydrogens (tertiary/aromatic N) is 1. The van der Waals surface area contributed by atoms with Crippen LogP contribution in [0.3, 0.4) is 0 Å². The Labute approximate surface area is 184 Å². The van der Waals surface area contributed by atoms with Crippen molar-refractivity contribution in [1.82, 2.24) is 4.98 Å². The molecular formula is C27H20FNO3. The van der Waals surface area contributed by atoms with Crippen LogP contribution in [0.1, 0.15) is 5.69 Å². The van der Waals surface area contributed by atoms with E-state index in [0.29, 0.717) is 6.61 Å². The molecular weight excluding hydrogens is 405 g/mol. The lowest BCUT2D eigenvalue weighted by molar-refractivity contribution is 0.302. The van der Waals surface area contributed by atoms with Gasteiger partial charge in [0.25, 0.3) is 0 Å². The number of aromatic nitrogens is 1. The monoisotopic (exact) mass is 425 g/mol. The molecule has 4 nitrogen and oxygen atoms in total. The maximum atomic E-state index is 14.2. The van der Waals surface area contributed by atoms with Crippen LogP contribution in [-0.4, -0.2) is 12.1 Å². The van der Waals surface area contributed by atoms with Gasteiger partial charge in [0.1, 0.15) is 12.4 Å². The summed E-state index contributed by atoms with van der Waals surface area (Å²) in [6.07, 6.45) is 3.28.